The summed E-state index contributed by atoms with van der Waals surface area (Å²) in [4.78, 5) is 4.15. The first-order valence-corrected chi connectivity index (χ1v) is 5.54. The Kier molecular flexibility index (Phi) is 2.51. The van der Waals surface area contributed by atoms with Crippen molar-refractivity contribution in [2.24, 2.45) is 0 Å². The van der Waals surface area contributed by atoms with Crippen molar-refractivity contribution in [3.8, 4) is 11.1 Å². The minimum absolute atomic E-state index is 0.0445. The minimum Gasteiger partial charge on any atom is -0.220 e. The first-order valence-electron chi connectivity index (χ1n) is 5.54. The molecule has 2 aromatic heterocycles. The Morgan fingerprint density at radius 2 is 1.79 bits per heavy atom. The highest BCUT2D eigenvalue weighted by molar-refractivity contribution is 5.77. The van der Waals surface area contributed by atoms with Crippen molar-refractivity contribution in [1.29, 1.82) is 0 Å². The van der Waals surface area contributed by atoms with Crippen LogP contribution in [-0.4, -0.2) is 14.6 Å². The SMILES string of the molecule is Cc1nc2c(-c3ccc(F)c(F)c3F)cccn2n1. The molecular formula is C13H8F3N3. The monoisotopic (exact) mass is 263 g/mol. The summed E-state index contributed by atoms with van der Waals surface area (Å²) in [5.74, 6) is -3.43. The predicted molar refractivity (Wildman–Crippen MR) is 63.0 cm³/mol. The van der Waals surface area contributed by atoms with Crippen molar-refractivity contribution in [1.82, 2.24) is 14.6 Å². The fourth-order valence-corrected chi connectivity index (χ4v) is 1.96. The summed E-state index contributed by atoms with van der Waals surface area (Å²) < 4.78 is 41.5. The van der Waals surface area contributed by atoms with E-state index in [9.17, 15) is 13.2 Å². The van der Waals surface area contributed by atoms with E-state index in [1.807, 2.05) is 0 Å². The molecule has 0 N–H and O–H groups in total. The number of pyridine rings is 1. The molecule has 3 rings (SSSR count). The van der Waals surface area contributed by atoms with Crippen molar-refractivity contribution in [2.45, 2.75) is 6.92 Å². The van der Waals surface area contributed by atoms with Crippen LogP contribution in [0.3, 0.4) is 0 Å². The summed E-state index contributed by atoms with van der Waals surface area (Å²) in [6, 6.07) is 5.30. The van der Waals surface area contributed by atoms with Gasteiger partial charge in [-0.25, -0.2) is 22.7 Å². The van der Waals surface area contributed by atoms with Gasteiger partial charge in [-0.05, 0) is 31.2 Å². The van der Waals surface area contributed by atoms with Crippen LogP contribution < -0.4 is 0 Å². The Morgan fingerprint density at radius 1 is 1.00 bits per heavy atom. The molecule has 2 heterocycles. The van der Waals surface area contributed by atoms with Gasteiger partial charge in [-0.15, -0.1) is 0 Å². The number of aromatic nitrogens is 3. The zero-order valence-electron chi connectivity index (χ0n) is 9.86. The van der Waals surface area contributed by atoms with Gasteiger partial charge in [0.2, 0.25) is 0 Å². The largest absolute Gasteiger partial charge is 0.220 e. The molecule has 96 valence electrons. The summed E-state index contributed by atoms with van der Waals surface area (Å²) >= 11 is 0. The number of hydrogen-bond donors (Lipinski definition) is 0. The molecule has 0 aliphatic rings. The lowest BCUT2D eigenvalue weighted by molar-refractivity contribution is 0.449. The van der Waals surface area contributed by atoms with Crippen molar-refractivity contribution in [3.63, 3.8) is 0 Å². The van der Waals surface area contributed by atoms with Crippen LogP contribution in [0, 0.1) is 24.4 Å². The number of aryl methyl sites for hydroxylation is 1. The van der Waals surface area contributed by atoms with Crippen LogP contribution in [0.5, 0.6) is 0 Å². The van der Waals surface area contributed by atoms with Gasteiger partial charge in [-0.2, -0.15) is 5.10 Å². The number of hydrogen-bond acceptors (Lipinski definition) is 2. The molecule has 6 heteroatoms. The van der Waals surface area contributed by atoms with E-state index in [4.69, 9.17) is 0 Å². The van der Waals surface area contributed by atoms with Crippen LogP contribution in [0.4, 0.5) is 13.2 Å². The minimum atomic E-state index is -1.49. The fraction of sp³-hybridized carbons (Fsp3) is 0.0769. The molecule has 0 aliphatic heterocycles. The maximum absolute atomic E-state index is 13.8. The Bertz CT molecular complexity index is 780. The zero-order valence-corrected chi connectivity index (χ0v) is 9.86. The molecule has 0 aliphatic carbocycles. The second-order valence-electron chi connectivity index (χ2n) is 4.07. The van der Waals surface area contributed by atoms with Crippen LogP contribution in [0.1, 0.15) is 5.82 Å². The summed E-state index contributed by atoms with van der Waals surface area (Å²) in [5.41, 5.74) is 0.710. The normalized spacial score (nSPS) is 11.2. The van der Waals surface area contributed by atoms with Crippen LogP contribution >= 0.6 is 0 Å². The van der Waals surface area contributed by atoms with Gasteiger partial charge in [0.15, 0.2) is 23.1 Å². The second kappa shape index (κ2) is 4.08. The molecule has 3 aromatic rings. The van der Waals surface area contributed by atoms with Crippen molar-refractivity contribution in [3.05, 3.63) is 53.7 Å². The maximum atomic E-state index is 13.8. The van der Waals surface area contributed by atoms with E-state index in [2.05, 4.69) is 10.1 Å². The lowest BCUT2D eigenvalue weighted by atomic mass is 10.1. The molecule has 1 aromatic carbocycles. The highest BCUT2D eigenvalue weighted by Gasteiger charge is 2.17. The quantitative estimate of drug-likeness (QED) is 0.631. The summed E-state index contributed by atoms with van der Waals surface area (Å²) in [7, 11) is 0. The lowest BCUT2D eigenvalue weighted by Gasteiger charge is -2.05. The molecule has 0 fully saturated rings. The summed E-state index contributed by atoms with van der Waals surface area (Å²) in [6.07, 6.45) is 1.65. The molecule has 0 saturated heterocycles. The first-order chi connectivity index (χ1) is 9.08. The van der Waals surface area contributed by atoms with Crippen molar-refractivity contribution < 1.29 is 13.2 Å². The van der Waals surface area contributed by atoms with Crippen LogP contribution in [0.25, 0.3) is 16.8 Å². The van der Waals surface area contributed by atoms with Gasteiger partial charge < -0.3 is 0 Å². The smallest absolute Gasteiger partial charge is 0.195 e. The summed E-state index contributed by atoms with van der Waals surface area (Å²) in [5, 5.41) is 4.08. The molecule has 0 bridgehead atoms. The highest BCUT2D eigenvalue weighted by Crippen LogP contribution is 2.28. The van der Waals surface area contributed by atoms with E-state index in [0.29, 0.717) is 17.0 Å². The molecule has 0 radical (unpaired) electrons. The third-order valence-corrected chi connectivity index (χ3v) is 2.79. The fourth-order valence-electron chi connectivity index (χ4n) is 1.96. The number of benzene rings is 1. The number of rotatable bonds is 1. The van der Waals surface area contributed by atoms with Gasteiger partial charge in [0.25, 0.3) is 0 Å². The van der Waals surface area contributed by atoms with Gasteiger partial charge in [-0.3, -0.25) is 0 Å². The van der Waals surface area contributed by atoms with E-state index >= 15 is 0 Å². The van der Waals surface area contributed by atoms with Gasteiger partial charge in [0.05, 0.1) is 0 Å². The lowest BCUT2D eigenvalue weighted by Crippen LogP contribution is -1.96. The van der Waals surface area contributed by atoms with Crippen LogP contribution in [-0.2, 0) is 0 Å². The van der Waals surface area contributed by atoms with Crippen LogP contribution in [0.15, 0.2) is 30.5 Å². The van der Waals surface area contributed by atoms with Crippen molar-refractivity contribution in [2.75, 3.05) is 0 Å². The Hall–Kier alpha value is -2.37. The molecule has 3 nitrogen and oxygen atoms in total. The number of fused-ring (bicyclic) bond motifs is 1. The molecule has 19 heavy (non-hydrogen) atoms. The molecular weight excluding hydrogens is 255 g/mol. The average Bonchev–Trinajstić information content (AvgIpc) is 2.76. The zero-order chi connectivity index (χ0) is 13.6. The highest BCUT2D eigenvalue weighted by atomic mass is 19.2. The number of nitrogens with zero attached hydrogens (tertiary/aromatic N) is 3. The third-order valence-electron chi connectivity index (χ3n) is 2.79. The molecule has 0 unspecified atom stereocenters. The Morgan fingerprint density at radius 3 is 2.58 bits per heavy atom. The third kappa shape index (κ3) is 1.76. The topological polar surface area (TPSA) is 30.2 Å². The van der Waals surface area contributed by atoms with Crippen molar-refractivity contribution >= 4 is 5.65 Å². The van der Waals surface area contributed by atoms with E-state index in [1.165, 1.54) is 10.6 Å². The molecule has 0 saturated carbocycles. The molecule has 0 amide bonds. The predicted octanol–water partition coefficient (Wildman–Crippen LogP) is 3.12. The first kappa shape index (κ1) is 11.7. The van der Waals surface area contributed by atoms with Gasteiger partial charge in [-0.1, -0.05) is 0 Å². The van der Waals surface area contributed by atoms with E-state index < -0.39 is 17.5 Å². The van der Waals surface area contributed by atoms with Gasteiger partial charge >= 0.3 is 0 Å². The van der Waals surface area contributed by atoms with Gasteiger partial charge in [0.1, 0.15) is 5.82 Å². The summed E-state index contributed by atoms with van der Waals surface area (Å²) in [6.45, 7) is 1.69. The Labute approximate surface area is 106 Å². The standard InChI is InChI=1S/C13H8F3N3/c1-7-17-13-9(3-2-6-19(13)18-7)8-4-5-10(14)12(16)11(8)15/h2-6H,1H3. The maximum Gasteiger partial charge on any atom is 0.195 e. The molecule has 0 spiro atoms. The Balaban J connectivity index is 2.33. The van der Waals surface area contributed by atoms with E-state index in [-0.39, 0.29) is 5.56 Å². The van der Waals surface area contributed by atoms with Gasteiger partial charge in [0, 0.05) is 17.3 Å². The molecule has 0 atom stereocenters. The van der Waals surface area contributed by atoms with E-state index in [1.54, 1.807) is 25.3 Å². The number of halogens is 3. The average molecular weight is 263 g/mol. The van der Waals surface area contributed by atoms with E-state index in [0.717, 1.165) is 6.07 Å². The van der Waals surface area contributed by atoms with Crippen LogP contribution in [0.2, 0.25) is 0 Å². The second-order valence-corrected chi connectivity index (χ2v) is 4.07.